The first-order chi connectivity index (χ1) is 20.9. The smallest absolute Gasteiger partial charge is 0.0272 e. The number of hydrogen-bond acceptors (Lipinski definition) is 5. The Labute approximate surface area is 266 Å². The standard InChI is InChI=1S/C35H44BrO5PSi/c1-38-43(39-2,40-3)28-18-7-5-4-6-17-27-41-34-26-25-30(37)29-35(34)42(36,31-19-11-8-12-20-31,32-21-13-9-14-22-32)33-23-15-10-16-24-33/h8-16,19-26,29,37H,4-7,17-18,27-28H2,1-3H3. The monoisotopic (exact) mass is 682 g/mol. The predicted molar refractivity (Wildman–Crippen MR) is 187 cm³/mol. The Morgan fingerprint density at radius 3 is 1.51 bits per heavy atom. The molecule has 0 amide bonds. The van der Waals surface area contributed by atoms with E-state index in [0.717, 1.165) is 71.5 Å². The molecule has 1 N–H and O–H groups in total. The number of hydrogen-bond donors (Lipinski definition) is 1. The van der Waals surface area contributed by atoms with Gasteiger partial charge in [-0.15, -0.1) is 0 Å². The molecule has 0 atom stereocenters. The van der Waals surface area contributed by atoms with Crippen molar-refractivity contribution in [3.8, 4) is 11.5 Å². The maximum atomic E-state index is 10.9. The number of aromatic hydroxyl groups is 1. The molecule has 0 radical (unpaired) electrons. The van der Waals surface area contributed by atoms with Gasteiger partial charge in [-0.05, 0) is 0 Å². The molecule has 230 valence electrons. The number of phenolic OH excluding ortho intramolecular Hbond substituents is 1. The summed E-state index contributed by atoms with van der Waals surface area (Å²) < 4.78 is 23.2. The van der Waals surface area contributed by atoms with Crippen molar-refractivity contribution < 1.29 is 23.1 Å². The summed E-state index contributed by atoms with van der Waals surface area (Å²) in [5, 5.41) is 11.8. The molecule has 43 heavy (non-hydrogen) atoms. The molecule has 0 saturated heterocycles. The minimum Gasteiger partial charge on any atom is -0.377 e. The Hall–Kier alpha value is -2.51. The molecule has 4 aromatic rings. The number of ether oxygens (including phenoxy) is 1. The van der Waals surface area contributed by atoms with Crippen LogP contribution in [0.4, 0.5) is 0 Å². The fourth-order valence-electron chi connectivity index (χ4n) is 5.83. The Morgan fingerprint density at radius 2 is 1.05 bits per heavy atom. The van der Waals surface area contributed by atoms with Gasteiger partial charge in [0.05, 0.1) is 0 Å². The van der Waals surface area contributed by atoms with Crippen LogP contribution >= 0.6 is 20.8 Å². The van der Waals surface area contributed by atoms with Crippen LogP contribution in [0, 0.1) is 0 Å². The van der Waals surface area contributed by atoms with E-state index in [1.54, 1.807) is 27.4 Å². The van der Waals surface area contributed by atoms with Crippen molar-refractivity contribution in [2.24, 2.45) is 0 Å². The molecule has 5 nitrogen and oxygen atoms in total. The normalized spacial score (nSPS) is 12.9. The first kappa shape index (κ1) is 33.4. The van der Waals surface area contributed by atoms with Crippen molar-refractivity contribution in [1.82, 2.24) is 0 Å². The second-order valence-electron chi connectivity index (χ2n) is 10.7. The summed E-state index contributed by atoms with van der Waals surface area (Å²) >= 11 is 4.51. The second kappa shape index (κ2) is 15.5. The van der Waals surface area contributed by atoms with Crippen LogP contribution in [0.5, 0.6) is 11.5 Å². The molecule has 0 aliphatic heterocycles. The minimum absolute atomic E-state index is 0.209. The fraction of sp³-hybridized carbons (Fsp3) is 0.314. The molecule has 0 heterocycles. The van der Waals surface area contributed by atoms with Crippen molar-refractivity contribution >= 4 is 50.8 Å². The summed E-state index contributed by atoms with van der Waals surface area (Å²) in [4.78, 5) is 0. The van der Waals surface area contributed by atoms with Crippen molar-refractivity contribution in [3.05, 3.63) is 109 Å². The second-order valence-corrected chi connectivity index (χ2v) is 22.1. The largest absolute Gasteiger partial charge is 0.377 e. The van der Waals surface area contributed by atoms with Crippen LogP contribution in [-0.4, -0.2) is 41.8 Å². The summed E-state index contributed by atoms with van der Waals surface area (Å²) in [6.45, 7) is 0.600. The van der Waals surface area contributed by atoms with Crippen LogP contribution in [0.3, 0.4) is 0 Å². The molecule has 0 aromatic heterocycles. The van der Waals surface area contributed by atoms with Gasteiger partial charge < -0.3 is 13.3 Å². The molecule has 4 aromatic carbocycles. The molecule has 0 spiro atoms. The van der Waals surface area contributed by atoms with Crippen LogP contribution in [-0.2, 0) is 13.3 Å². The molecule has 8 heteroatoms. The van der Waals surface area contributed by atoms with Gasteiger partial charge in [0.15, 0.2) is 0 Å². The summed E-state index contributed by atoms with van der Waals surface area (Å²) in [6.07, 6.45) is 6.49. The summed E-state index contributed by atoms with van der Waals surface area (Å²) in [6, 6.07) is 38.0. The zero-order valence-electron chi connectivity index (χ0n) is 25.5. The average molecular weight is 684 g/mol. The van der Waals surface area contributed by atoms with Gasteiger partial charge in [0.2, 0.25) is 0 Å². The van der Waals surface area contributed by atoms with E-state index in [1.165, 1.54) is 0 Å². The molecule has 0 bridgehead atoms. The summed E-state index contributed by atoms with van der Waals surface area (Å²) in [7, 11) is 2.53. The van der Waals surface area contributed by atoms with Gasteiger partial charge in [-0.25, -0.2) is 0 Å². The molecule has 0 aliphatic rings. The third-order valence-electron chi connectivity index (χ3n) is 8.19. The average Bonchev–Trinajstić information content (AvgIpc) is 3.07. The maximum Gasteiger partial charge on any atom is 0.0272 e. The number of halogens is 1. The van der Waals surface area contributed by atoms with Gasteiger partial charge >= 0.3 is 233 Å². The zero-order valence-corrected chi connectivity index (χ0v) is 28.9. The van der Waals surface area contributed by atoms with E-state index < -0.39 is 14.1 Å². The third-order valence-corrected chi connectivity index (χ3v) is 20.9. The van der Waals surface area contributed by atoms with E-state index in [9.17, 15) is 5.11 Å². The topological polar surface area (TPSA) is 57.2 Å². The first-order valence-electron chi connectivity index (χ1n) is 14.9. The van der Waals surface area contributed by atoms with E-state index in [1.807, 2.05) is 30.3 Å². The van der Waals surface area contributed by atoms with E-state index >= 15 is 0 Å². The van der Waals surface area contributed by atoms with Gasteiger partial charge in [0, 0.05) is 21.3 Å². The minimum atomic E-state index is -3.52. The Morgan fingerprint density at radius 1 is 0.605 bits per heavy atom. The van der Waals surface area contributed by atoms with Crippen LogP contribution in [0.25, 0.3) is 0 Å². The van der Waals surface area contributed by atoms with Gasteiger partial charge in [0.1, 0.15) is 0 Å². The molecule has 4 rings (SSSR count). The van der Waals surface area contributed by atoms with Crippen LogP contribution in [0.1, 0.15) is 38.5 Å². The summed E-state index contributed by atoms with van der Waals surface area (Å²) in [5.41, 5.74) is 0. The van der Waals surface area contributed by atoms with Gasteiger partial charge in [0.25, 0.3) is 0 Å². The van der Waals surface area contributed by atoms with Gasteiger partial charge in [-0.2, -0.15) is 0 Å². The van der Waals surface area contributed by atoms with Crippen molar-refractivity contribution in [1.29, 1.82) is 0 Å². The van der Waals surface area contributed by atoms with E-state index in [4.69, 9.17) is 18.0 Å². The molecule has 0 fully saturated rings. The van der Waals surface area contributed by atoms with Crippen LogP contribution < -0.4 is 26.0 Å². The van der Waals surface area contributed by atoms with Crippen molar-refractivity contribution in [2.75, 3.05) is 27.9 Å². The van der Waals surface area contributed by atoms with E-state index in [0.29, 0.717) is 6.61 Å². The Kier molecular flexibility index (Phi) is 12.0. The molecule has 0 unspecified atom stereocenters. The summed E-state index contributed by atoms with van der Waals surface area (Å²) in [5.74, 6) is 0.991. The Bertz CT molecular complexity index is 1300. The van der Waals surface area contributed by atoms with Crippen LogP contribution in [0.2, 0.25) is 6.04 Å². The SMILES string of the molecule is CO[Si](CCCCCCCCOc1ccc(O)cc1P(Br)(c1ccccc1)(c1ccccc1)c1ccccc1)(OC)OC. The van der Waals surface area contributed by atoms with Crippen molar-refractivity contribution in [2.45, 2.75) is 44.6 Å². The van der Waals surface area contributed by atoms with Crippen molar-refractivity contribution in [3.63, 3.8) is 0 Å². The quantitative estimate of drug-likeness (QED) is 0.0712. The molecular formula is C35H44BrO5PSi. The van der Waals surface area contributed by atoms with Crippen LogP contribution in [0.15, 0.2) is 109 Å². The number of rotatable bonds is 17. The van der Waals surface area contributed by atoms with E-state index in [-0.39, 0.29) is 5.75 Å². The third kappa shape index (κ3) is 7.09. The number of benzene rings is 4. The van der Waals surface area contributed by atoms with Gasteiger partial charge in [-0.1, -0.05) is 0 Å². The number of phenols is 1. The van der Waals surface area contributed by atoms with Gasteiger partial charge in [-0.3, -0.25) is 0 Å². The molecule has 0 aliphatic carbocycles. The fourth-order valence-corrected chi connectivity index (χ4v) is 15.4. The predicted octanol–water partition coefficient (Wildman–Crippen LogP) is 7.45. The first-order valence-corrected chi connectivity index (χ1v) is 21.1. The molecular weight excluding hydrogens is 639 g/mol. The number of unbranched alkanes of at least 4 members (excludes halogenated alkanes) is 5. The van der Waals surface area contributed by atoms with E-state index in [2.05, 4.69) is 88.3 Å². The maximum absolute atomic E-state index is 10.9. The molecule has 0 saturated carbocycles. The zero-order chi connectivity index (χ0) is 30.6. The Balaban J connectivity index is 1.57.